The number of rotatable bonds is 5. The van der Waals surface area contributed by atoms with E-state index in [0.717, 1.165) is 34.6 Å². The maximum atomic E-state index is 4.59. The summed E-state index contributed by atoms with van der Waals surface area (Å²) in [5.41, 5.74) is 2.30. The summed E-state index contributed by atoms with van der Waals surface area (Å²) in [6.45, 7) is 6.13. The van der Waals surface area contributed by atoms with Gasteiger partial charge in [0.2, 0.25) is 0 Å². The van der Waals surface area contributed by atoms with E-state index in [2.05, 4.69) is 51.0 Å². The van der Waals surface area contributed by atoms with Crippen LogP contribution in [0.4, 0.5) is 0 Å². The first-order chi connectivity index (χ1) is 8.70. The van der Waals surface area contributed by atoms with Gasteiger partial charge in [-0.1, -0.05) is 13.0 Å². The minimum atomic E-state index is 0.870. The second-order valence-electron chi connectivity index (χ2n) is 4.19. The molecular formula is C13H17IN4. The molecule has 2 aromatic heterocycles. The van der Waals surface area contributed by atoms with Gasteiger partial charge in [0.1, 0.15) is 0 Å². The Kier molecular flexibility index (Phi) is 4.71. The number of nitrogens with one attached hydrogen (secondary N) is 1. The van der Waals surface area contributed by atoms with Gasteiger partial charge in [0.05, 0.1) is 9.77 Å². The lowest BCUT2D eigenvalue weighted by Crippen LogP contribution is -2.15. The highest BCUT2D eigenvalue weighted by Gasteiger charge is 2.04. The van der Waals surface area contributed by atoms with Gasteiger partial charge in [0.25, 0.3) is 0 Å². The molecule has 96 valence electrons. The molecule has 18 heavy (non-hydrogen) atoms. The molecule has 0 atom stereocenters. The largest absolute Gasteiger partial charge is 0.313 e. The molecule has 0 aliphatic carbocycles. The van der Waals surface area contributed by atoms with E-state index >= 15 is 0 Å². The van der Waals surface area contributed by atoms with Gasteiger partial charge in [-0.25, -0.2) is 9.67 Å². The monoisotopic (exact) mass is 356 g/mol. The second kappa shape index (κ2) is 6.29. The Morgan fingerprint density at radius 2 is 2.22 bits per heavy atom. The van der Waals surface area contributed by atoms with Crippen molar-refractivity contribution in [2.75, 3.05) is 6.54 Å². The zero-order chi connectivity index (χ0) is 13.0. The zero-order valence-electron chi connectivity index (χ0n) is 10.7. The number of pyridine rings is 1. The van der Waals surface area contributed by atoms with Gasteiger partial charge < -0.3 is 5.32 Å². The summed E-state index contributed by atoms with van der Waals surface area (Å²) in [4.78, 5) is 4.59. The fourth-order valence-corrected chi connectivity index (χ4v) is 2.11. The molecule has 0 spiro atoms. The van der Waals surface area contributed by atoms with Gasteiger partial charge >= 0.3 is 0 Å². The summed E-state index contributed by atoms with van der Waals surface area (Å²) in [7, 11) is 0. The number of hydrogen-bond donors (Lipinski definition) is 1. The zero-order valence-corrected chi connectivity index (χ0v) is 12.8. The lowest BCUT2D eigenvalue weighted by Gasteiger charge is -2.08. The van der Waals surface area contributed by atoms with Gasteiger partial charge in [-0.05, 0) is 54.1 Å². The van der Waals surface area contributed by atoms with E-state index in [-0.39, 0.29) is 0 Å². The quantitative estimate of drug-likeness (QED) is 0.662. The van der Waals surface area contributed by atoms with Crippen LogP contribution in [-0.2, 0) is 6.54 Å². The van der Waals surface area contributed by atoms with Gasteiger partial charge in [-0.15, -0.1) is 0 Å². The second-order valence-corrected chi connectivity index (χ2v) is 5.44. The highest BCUT2D eigenvalue weighted by Crippen LogP contribution is 2.11. The van der Waals surface area contributed by atoms with Crippen molar-refractivity contribution in [1.82, 2.24) is 20.1 Å². The van der Waals surface area contributed by atoms with Gasteiger partial charge in [0, 0.05) is 18.4 Å². The van der Waals surface area contributed by atoms with E-state index in [1.807, 2.05) is 25.4 Å². The van der Waals surface area contributed by atoms with E-state index in [4.69, 9.17) is 0 Å². The molecule has 0 radical (unpaired) electrons. The Hall–Kier alpha value is -0.950. The van der Waals surface area contributed by atoms with Crippen molar-refractivity contribution in [2.24, 2.45) is 0 Å². The summed E-state index contributed by atoms with van der Waals surface area (Å²) >= 11 is 2.24. The van der Waals surface area contributed by atoms with Crippen LogP contribution in [0.15, 0.2) is 24.5 Å². The van der Waals surface area contributed by atoms with Crippen molar-refractivity contribution in [3.8, 4) is 5.82 Å². The Labute approximate surface area is 121 Å². The molecule has 0 aliphatic heterocycles. The van der Waals surface area contributed by atoms with Crippen molar-refractivity contribution >= 4 is 22.6 Å². The van der Waals surface area contributed by atoms with Crippen LogP contribution in [0, 0.1) is 10.5 Å². The van der Waals surface area contributed by atoms with Gasteiger partial charge in [-0.3, -0.25) is 0 Å². The summed E-state index contributed by atoms with van der Waals surface area (Å²) < 4.78 is 2.92. The van der Waals surface area contributed by atoms with E-state index in [1.54, 1.807) is 4.68 Å². The summed E-state index contributed by atoms with van der Waals surface area (Å²) in [5.74, 6) is 0.870. The Morgan fingerprint density at radius 1 is 1.39 bits per heavy atom. The fourth-order valence-electron chi connectivity index (χ4n) is 1.72. The third-order valence-corrected chi connectivity index (χ3v) is 3.27. The molecule has 4 nitrogen and oxygen atoms in total. The van der Waals surface area contributed by atoms with Gasteiger partial charge in [0.15, 0.2) is 5.82 Å². The Bertz CT molecular complexity index is 521. The van der Waals surface area contributed by atoms with Crippen LogP contribution in [0.2, 0.25) is 0 Å². The van der Waals surface area contributed by atoms with E-state index in [1.165, 1.54) is 5.56 Å². The summed E-state index contributed by atoms with van der Waals surface area (Å²) in [5, 5.41) is 7.66. The van der Waals surface area contributed by atoms with Crippen LogP contribution >= 0.6 is 22.6 Å². The SMILES string of the molecule is CCCNCc1ccc(-n2cc(I)cn2)nc1C. The first kappa shape index (κ1) is 13.5. The molecule has 0 unspecified atom stereocenters. The third kappa shape index (κ3) is 3.29. The standard InChI is InChI=1S/C13H17IN4/c1-3-6-15-7-11-4-5-13(17-10(11)2)18-9-12(14)8-16-18/h4-5,8-9,15H,3,6-7H2,1-2H3. The molecule has 0 aliphatic rings. The number of nitrogens with zero attached hydrogens (tertiary/aromatic N) is 3. The lowest BCUT2D eigenvalue weighted by atomic mass is 10.2. The maximum absolute atomic E-state index is 4.59. The Balaban J connectivity index is 2.14. The lowest BCUT2D eigenvalue weighted by molar-refractivity contribution is 0.670. The van der Waals surface area contributed by atoms with Crippen LogP contribution in [0.3, 0.4) is 0 Å². The van der Waals surface area contributed by atoms with E-state index in [0.29, 0.717) is 0 Å². The Morgan fingerprint density at radius 3 is 2.83 bits per heavy atom. The van der Waals surface area contributed by atoms with Crippen molar-refractivity contribution in [3.05, 3.63) is 39.4 Å². The molecule has 2 aromatic rings. The molecule has 2 rings (SSSR count). The van der Waals surface area contributed by atoms with Crippen molar-refractivity contribution in [2.45, 2.75) is 26.8 Å². The number of halogens is 1. The fraction of sp³-hybridized carbons (Fsp3) is 0.385. The average molecular weight is 356 g/mol. The highest BCUT2D eigenvalue weighted by molar-refractivity contribution is 14.1. The smallest absolute Gasteiger partial charge is 0.153 e. The third-order valence-electron chi connectivity index (χ3n) is 2.71. The van der Waals surface area contributed by atoms with Crippen LogP contribution in [0.5, 0.6) is 0 Å². The number of aryl methyl sites for hydroxylation is 1. The predicted molar refractivity (Wildman–Crippen MR) is 80.8 cm³/mol. The molecular weight excluding hydrogens is 339 g/mol. The predicted octanol–water partition coefficient (Wildman–Crippen LogP) is 2.68. The normalized spacial score (nSPS) is 10.8. The number of aromatic nitrogens is 3. The van der Waals surface area contributed by atoms with Crippen molar-refractivity contribution in [3.63, 3.8) is 0 Å². The van der Waals surface area contributed by atoms with Crippen molar-refractivity contribution < 1.29 is 0 Å². The molecule has 0 fully saturated rings. The highest BCUT2D eigenvalue weighted by atomic mass is 127. The molecule has 0 bridgehead atoms. The molecule has 0 saturated carbocycles. The van der Waals surface area contributed by atoms with E-state index in [9.17, 15) is 0 Å². The van der Waals surface area contributed by atoms with E-state index < -0.39 is 0 Å². The van der Waals surface area contributed by atoms with Crippen LogP contribution in [0.25, 0.3) is 5.82 Å². The number of hydrogen-bond acceptors (Lipinski definition) is 3. The first-order valence-electron chi connectivity index (χ1n) is 6.08. The van der Waals surface area contributed by atoms with Crippen LogP contribution in [-0.4, -0.2) is 21.3 Å². The molecule has 0 aromatic carbocycles. The molecule has 0 amide bonds. The first-order valence-corrected chi connectivity index (χ1v) is 7.16. The maximum Gasteiger partial charge on any atom is 0.153 e. The molecule has 2 heterocycles. The van der Waals surface area contributed by atoms with Crippen molar-refractivity contribution in [1.29, 1.82) is 0 Å². The topological polar surface area (TPSA) is 42.7 Å². The average Bonchev–Trinajstić information content (AvgIpc) is 2.78. The minimum absolute atomic E-state index is 0.870. The molecule has 5 heteroatoms. The van der Waals surface area contributed by atoms with Crippen LogP contribution < -0.4 is 5.32 Å². The summed E-state index contributed by atoms with van der Waals surface area (Å²) in [6.07, 6.45) is 4.95. The van der Waals surface area contributed by atoms with Crippen LogP contribution in [0.1, 0.15) is 24.6 Å². The molecule has 1 N–H and O–H groups in total. The molecule has 0 saturated heterocycles. The van der Waals surface area contributed by atoms with Gasteiger partial charge in [-0.2, -0.15) is 5.10 Å². The minimum Gasteiger partial charge on any atom is -0.313 e. The summed E-state index contributed by atoms with van der Waals surface area (Å²) in [6, 6.07) is 4.13.